The Balaban J connectivity index is 3.23. The van der Waals surface area contributed by atoms with Crippen LogP contribution in [0.1, 0.15) is 39.5 Å². The predicted molar refractivity (Wildman–Crippen MR) is 77.3 cm³/mol. The quantitative estimate of drug-likeness (QED) is 0.497. The van der Waals surface area contributed by atoms with Crippen molar-refractivity contribution < 1.29 is 14.3 Å². The van der Waals surface area contributed by atoms with Crippen LogP contribution < -0.4 is 10.6 Å². The van der Waals surface area contributed by atoms with Crippen LogP contribution in [0, 0.1) is 0 Å². The van der Waals surface area contributed by atoms with E-state index >= 15 is 0 Å². The fraction of sp³-hybridized carbons (Fsp3) is 0.929. The van der Waals surface area contributed by atoms with Crippen molar-refractivity contribution in [1.82, 2.24) is 10.6 Å². The highest BCUT2D eigenvalue weighted by molar-refractivity contribution is 5.78. The van der Waals surface area contributed by atoms with E-state index in [1.54, 1.807) is 7.11 Å². The molecule has 0 aliphatic rings. The molecule has 0 aliphatic carbocycles. The number of hydrogen-bond donors (Lipinski definition) is 2. The van der Waals surface area contributed by atoms with E-state index in [0.717, 1.165) is 38.8 Å². The first-order chi connectivity index (χ1) is 9.20. The summed E-state index contributed by atoms with van der Waals surface area (Å²) in [5.74, 6) is 0.0808. The van der Waals surface area contributed by atoms with Gasteiger partial charge in [-0.1, -0.05) is 13.3 Å². The van der Waals surface area contributed by atoms with Gasteiger partial charge in [0.15, 0.2) is 0 Å². The van der Waals surface area contributed by atoms with Crippen LogP contribution in [0.2, 0.25) is 0 Å². The zero-order chi connectivity index (χ0) is 14.3. The summed E-state index contributed by atoms with van der Waals surface area (Å²) in [6.45, 7) is 7.47. The Hall–Kier alpha value is -0.650. The Labute approximate surface area is 117 Å². The molecule has 0 aromatic rings. The molecule has 0 bridgehead atoms. The summed E-state index contributed by atoms with van der Waals surface area (Å²) in [4.78, 5) is 11.5. The molecular formula is C14H30N2O3. The SMILES string of the molecule is CCCC(C)NC(=O)CNCCCCOCCOC. The molecule has 1 atom stereocenters. The molecule has 0 rings (SSSR count). The van der Waals surface area contributed by atoms with E-state index in [0.29, 0.717) is 19.8 Å². The molecule has 0 saturated heterocycles. The maximum absolute atomic E-state index is 11.5. The van der Waals surface area contributed by atoms with Crippen molar-refractivity contribution >= 4 is 5.91 Å². The summed E-state index contributed by atoms with van der Waals surface area (Å²) in [6, 6.07) is 0.272. The second-order valence-electron chi connectivity index (χ2n) is 4.75. The minimum Gasteiger partial charge on any atom is -0.382 e. The Morgan fingerprint density at radius 1 is 1.21 bits per heavy atom. The van der Waals surface area contributed by atoms with Gasteiger partial charge >= 0.3 is 0 Å². The lowest BCUT2D eigenvalue weighted by molar-refractivity contribution is -0.120. The number of hydrogen-bond acceptors (Lipinski definition) is 4. The number of unbranched alkanes of at least 4 members (excludes halogenated alkanes) is 1. The summed E-state index contributed by atoms with van der Waals surface area (Å²) in [5, 5.41) is 6.11. The highest BCUT2D eigenvalue weighted by atomic mass is 16.5. The van der Waals surface area contributed by atoms with Crippen molar-refractivity contribution in [3.63, 3.8) is 0 Å². The maximum Gasteiger partial charge on any atom is 0.234 e. The van der Waals surface area contributed by atoms with Crippen molar-refractivity contribution in [2.45, 2.75) is 45.6 Å². The van der Waals surface area contributed by atoms with Gasteiger partial charge in [0.1, 0.15) is 0 Å². The third-order valence-electron chi connectivity index (χ3n) is 2.74. The summed E-state index contributed by atoms with van der Waals surface area (Å²) in [6.07, 6.45) is 4.15. The average molecular weight is 274 g/mol. The molecule has 0 radical (unpaired) electrons. The first kappa shape index (κ1) is 18.4. The lowest BCUT2D eigenvalue weighted by Crippen LogP contribution is -2.39. The first-order valence-corrected chi connectivity index (χ1v) is 7.27. The minimum absolute atomic E-state index is 0.0808. The van der Waals surface area contributed by atoms with E-state index in [-0.39, 0.29) is 11.9 Å². The molecule has 5 heteroatoms. The van der Waals surface area contributed by atoms with Crippen LogP contribution in [-0.2, 0) is 14.3 Å². The summed E-state index contributed by atoms with van der Waals surface area (Å²) in [5.41, 5.74) is 0. The van der Waals surface area contributed by atoms with Crippen molar-refractivity contribution in [3.8, 4) is 0 Å². The summed E-state index contributed by atoms with van der Waals surface area (Å²) in [7, 11) is 1.67. The zero-order valence-corrected chi connectivity index (χ0v) is 12.7. The number of rotatable bonds is 13. The van der Waals surface area contributed by atoms with Gasteiger partial charge < -0.3 is 20.1 Å². The van der Waals surface area contributed by atoms with Crippen molar-refractivity contribution in [1.29, 1.82) is 0 Å². The number of amides is 1. The Bertz CT molecular complexity index is 213. The molecule has 114 valence electrons. The number of ether oxygens (including phenoxy) is 2. The summed E-state index contributed by atoms with van der Waals surface area (Å²) < 4.78 is 10.2. The van der Waals surface area contributed by atoms with Crippen LogP contribution in [0.4, 0.5) is 0 Å². The van der Waals surface area contributed by atoms with Gasteiger partial charge in [-0.25, -0.2) is 0 Å². The van der Waals surface area contributed by atoms with Crippen molar-refractivity contribution in [2.75, 3.05) is 40.0 Å². The first-order valence-electron chi connectivity index (χ1n) is 7.27. The monoisotopic (exact) mass is 274 g/mol. The van der Waals surface area contributed by atoms with Gasteiger partial charge in [-0.3, -0.25) is 4.79 Å². The molecule has 0 aromatic carbocycles. The van der Waals surface area contributed by atoms with Gasteiger partial charge in [0.05, 0.1) is 19.8 Å². The number of methoxy groups -OCH3 is 1. The van der Waals surface area contributed by atoms with Gasteiger partial charge in [0.25, 0.3) is 0 Å². The number of nitrogens with one attached hydrogen (secondary N) is 2. The van der Waals surface area contributed by atoms with Crippen LogP contribution in [0.15, 0.2) is 0 Å². The highest BCUT2D eigenvalue weighted by Crippen LogP contribution is 1.94. The van der Waals surface area contributed by atoms with Crippen LogP contribution in [0.25, 0.3) is 0 Å². The van der Waals surface area contributed by atoms with E-state index in [1.165, 1.54) is 0 Å². The molecule has 0 saturated carbocycles. The normalized spacial score (nSPS) is 12.4. The van der Waals surface area contributed by atoms with E-state index in [4.69, 9.17) is 9.47 Å². The summed E-state index contributed by atoms with van der Waals surface area (Å²) >= 11 is 0. The third-order valence-corrected chi connectivity index (χ3v) is 2.74. The third kappa shape index (κ3) is 13.6. The molecule has 1 amide bonds. The van der Waals surface area contributed by atoms with E-state index in [9.17, 15) is 4.79 Å². The standard InChI is InChI=1S/C14H30N2O3/c1-4-7-13(2)16-14(17)12-15-8-5-6-9-19-11-10-18-3/h13,15H,4-12H2,1-3H3,(H,16,17). The fourth-order valence-corrected chi connectivity index (χ4v) is 1.73. The topological polar surface area (TPSA) is 59.6 Å². The number of carbonyl (C=O) groups excluding carboxylic acids is 1. The average Bonchev–Trinajstić information content (AvgIpc) is 2.37. The fourth-order valence-electron chi connectivity index (χ4n) is 1.73. The van der Waals surface area contributed by atoms with Gasteiger partial charge in [0.2, 0.25) is 5.91 Å². The van der Waals surface area contributed by atoms with Crippen LogP contribution in [0.5, 0.6) is 0 Å². The van der Waals surface area contributed by atoms with E-state index < -0.39 is 0 Å². The van der Waals surface area contributed by atoms with Gasteiger partial charge in [-0.05, 0) is 32.7 Å². The number of carbonyl (C=O) groups is 1. The van der Waals surface area contributed by atoms with Crippen LogP contribution in [0.3, 0.4) is 0 Å². The Morgan fingerprint density at radius 3 is 2.68 bits per heavy atom. The van der Waals surface area contributed by atoms with Gasteiger partial charge in [0, 0.05) is 19.8 Å². The van der Waals surface area contributed by atoms with Gasteiger partial charge in [-0.15, -0.1) is 0 Å². The smallest absolute Gasteiger partial charge is 0.234 e. The second-order valence-corrected chi connectivity index (χ2v) is 4.75. The molecule has 0 heterocycles. The molecule has 0 spiro atoms. The highest BCUT2D eigenvalue weighted by Gasteiger charge is 2.05. The largest absolute Gasteiger partial charge is 0.382 e. The molecule has 0 fully saturated rings. The second kappa shape index (κ2) is 13.8. The molecule has 19 heavy (non-hydrogen) atoms. The lowest BCUT2D eigenvalue weighted by atomic mass is 10.2. The maximum atomic E-state index is 11.5. The van der Waals surface area contributed by atoms with Gasteiger partial charge in [-0.2, -0.15) is 0 Å². The van der Waals surface area contributed by atoms with E-state index in [1.807, 2.05) is 6.92 Å². The molecule has 2 N–H and O–H groups in total. The Kier molecular flexibility index (Phi) is 13.3. The predicted octanol–water partition coefficient (Wildman–Crippen LogP) is 1.32. The van der Waals surface area contributed by atoms with E-state index in [2.05, 4.69) is 17.6 Å². The zero-order valence-electron chi connectivity index (χ0n) is 12.7. The molecule has 5 nitrogen and oxygen atoms in total. The van der Waals surface area contributed by atoms with Crippen molar-refractivity contribution in [2.24, 2.45) is 0 Å². The van der Waals surface area contributed by atoms with Crippen LogP contribution in [-0.4, -0.2) is 52.0 Å². The minimum atomic E-state index is 0.0808. The molecule has 0 aliphatic heterocycles. The van der Waals surface area contributed by atoms with Crippen LogP contribution >= 0.6 is 0 Å². The molecule has 0 aromatic heterocycles. The Morgan fingerprint density at radius 2 is 2.00 bits per heavy atom. The van der Waals surface area contributed by atoms with Crippen molar-refractivity contribution in [3.05, 3.63) is 0 Å². The molecular weight excluding hydrogens is 244 g/mol. The lowest BCUT2D eigenvalue weighted by Gasteiger charge is -2.13. The molecule has 1 unspecified atom stereocenters.